The number of rotatable bonds is 5. The van der Waals surface area contributed by atoms with Crippen LogP contribution in [0.3, 0.4) is 0 Å². The molecule has 134 valence electrons. The summed E-state index contributed by atoms with van der Waals surface area (Å²) in [4.78, 5) is 4.39. The second kappa shape index (κ2) is 7.48. The number of halogens is 1. The molecular weight excluding hydrogens is 368 g/mol. The van der Waals surface area contributed by atoms with Gasteiger partial charge in [0.25, 0.3) is 10.0 Å². The van der Waals surface area contributed by atoms with Gasteiger partial charge >= 0.3 is 0 Å². The molecule has 0 fully saturated rings. The Kier molecular flexibility index (Phi) is 5.30. The van der Waals surface area contributed by atoms with Gasteiger partial charge < -0.3 is 0 Å². The van der Waals surface area contributed by atoms with Crippen molar-refractivity contribution in [3.8, 4) is 0 Å². The van der Waals surface area contributed by atoms with Crippen LogP contribution in [0.25, 0.3) is 0 Å². The topological polar surface area (TPSA) is 50.3 Å². The molecule has 0 saturated carbocycles. The molecule has 2 aromatic carbocycles. The fourth-order valence-corrected chi connectivity index (χ4v) is 4.58. The summed E-state index contributed by atoms with van der Waals surface area (Å²) in [6.07, 6.45) is 3.33. The lowest BCUT2D eigenvalue weighted by Crippen LogP contribution is -2.31. The second-order valence-corrected chi connectivity index (χ2v) is 8.39. The third-order valence-corrected chi connectivity index (χ3v) is 6.24. The van der Waals surface area contributed by atoms with Crippen LogP contribution in [0.2, 0.25) is 5.02 Å². The minimum absolute atomic E-state index is 0.186. The highest BCUT2D eigenvalue weighted by Gasteiger charge is 2.27. The van der Waals surface area contributed by atoms with Crippen molar-refractivity contribution in [2.75, 3.05) is 4.31 Å². The first-order valence-electron chi connectivity index (χ1n) is 8.12. The number of anilines is 1. The first-order valence-corrected chi connectivity index (χ1v) is 9.94. The molecule has 0 amide bonds. The molecule has 6 heteroatoms. The van der Waals surface area contributed by atoms with E-state index in [0.717, 1.165) is 11.1 Å². The zero-order chi connectivity index (χ0) is 18.7. The summed E-state index contributed by atoms with van der Waals surface area (Å²) in [7, 11) is -3.76. The zero-order valence-corrected chi connectivity index (χ0v) is 16.1. The Bertz CT molecular complexity index is 1000. The molecule has 0 bridgehead atoms. The van der Waals surface area contributed by atoms with Crippen molar-refractivity contribution < 1.29 is 8.42 Å². The predicted octanol–water partition coefficient (Wildman–Crippen LogP) is 4.75. The van der Waals surface area contributed by atoms with Crippen LogP contribution in [0.4, 0.5) is 5.69 Å². The monoisotopic (exact) mass is 386 g/mol. The highest BCUT2D eigenvalue weighted by molar-refractivity contribution is 7.92. The van der Waals surface area contributed by atoms with Crippen LogP contribution in [0, 0.1) is 13.8 Å². The number of sulfonamides is 1. The number of aryl methyl sites for hydroxylation is 2. The van der Waals surface area contributed by atoms with Crippen molar-refractivity contribution in [1.29, 1.82) is 0 Å². The molecule has 0 spiro atoms. The molecule has 0 aliphatic rings. The Labute approximate surface area is 159 Å². The first kappa shape index (κ1) is 18.4. The molecule has 0 aliphatic carbocycles. The van der Waals surface area contributed by atoms with Crippen LogP contribution in [-0.2, 0) is 16.6 Å². The van der Waals surface area contributed by atoms with E-state index in [1.54, 1.807) is 55.7 Å². The second-order valence-electron chi connectivity index (χ2n) is 6.12. The van der Waals surface area contributed by atoms with Crippen molar-refractivity contribution in [2.45, 2.75) is 25.3 Å². The van der Waals surface area contributed by atoms with Crippen LogP contribution < -0.4 is 4.31 Å². The Hall–Kier alpha value is -2.37. The molecule has 3 aromatic rings. The van der Waals surface area contributed by atoms with Gasteiger partial charge in [-0.05, 0) is 66.9 Å². The molecule has 0 radical (unpaired) electrons. The van der Waals surface area contributed by atoms with E-state index in [9.17, 15) is 8.42 Å². The first-order chi connectivity index (χ1) is 12.4. The van der Waals surface area contributed by atoms with Crippen LogP contribution in [-0.4, -0.2) is 13.4 Å². The zero-order valence-electron chi connectivity index (χ0n) is 14.6. The fourth-order valence-electron chi connectivity index (χ4n) is 2.68. The Balaban J connectivity index is 2.12. The summed E-state index contributed by atoms with van der Waals surface area (Å²) < 4.78 is 28.3. The Morgan fingerprint density at radius 1 is 1.04 bits per heavy atom. The highest BCUT2D eigenvalue weighted by Crippen LogP contribution is 2.29. The summed E-state index contributed by atoms with van der Waals surface area (Å²) in [5, 5.41) is 0.555. The summed E-state index contributed by atoms with van der Waals surface area (Å²) in [6.45, 7) is 3.87. The molecule has 0 saturated heterocycles. The molecule has 1 aromatic heterocycles. The summed E-state index contributed by atoms with van der Waals surface area (Å²) in [5.74, 6) is 0. The van der Waals surface area contributed by atoms with Gasteiger partial charge in [0.05, 0.1) is 17.1 Å². The summed E-state index contributed by atoms with van der Waals surface area (Å²) in [5.41, 5.74) is 2.96. The van der Waals surface area contributed by atoms with Crippen LogP contribution >= 0.6 is 11.6 Å². The molecule has 0 atom stereocenters. The van der Waals surface area contributed by atoms with Gasteiger partial charge in [-0.25, -0.2) is 8.42 Å². The summed E-state index contributed by atoms with van der Waals surface area (Å²) in [6, 6.07) is 15.9. The molecule has 26 heavy (non-hydrogen) atoms. The van der Waals surface area contributed by atoms with Crippen molar-refractivity contribution >= 4 is 27.3 Å². The number of nitrogens with zero attached hydrogens (tertiary/aromatic N) is 2. The van der Waals surface area contributed by atoms with E-state index < -0.39 is 10.0 Å². The number of benzene rings is 2. The van der Waals surface area contributed by atoms with Gasteiger partial charge in [0.1, 0.15) is 0 Å². The van der Waals surface area contributed by atoms with Crippen molar-refractivity contribution in [3.63, 3.8) is 0 Å². The largest absolute Gasteiger partial charge is 0.264 e. The van der Waals surface area contributed by atoms with Gasteiger partial charge in [-0.3, -0.25) is 9.29 Å². The lowest BCUT2D eigenvalue weighted by molar-refractivity contribution is 0.589. The SMILES string of the molecule is Cc1ccc(C)c(S(=O)(=O)N(Cc2cccnc2)c2ccc(Cl)cc2)c1. The van der Waals surface area contributed by atoms with E-state index in [2.05, 4.69) is 4.98 Å². The van der Waals surface area contributed by atoms with Crippen molar-refractivity contribution in [1.82, 2.24) is 4.98 Å². The molecule has 0 unspecified atom stereocenters. The van der Waals surface area contributed by atoms with E-state index in [0.29, 0.717) is 21.2 Å². The minimum atomic E-state index is -3.76. The molecule has 3 rings (SSSR count). The van der Waals surface area contributed by atoms with Gasteiger partial charge in [0.15, 0.2) is 0 Å². The number of hydrogen-bond acceptors (Lipinski definition) is 3. The smallest absolute Gasteiger partial charge is 0.264 e. The van der Waals surface area contributed by atoms with Gasteiger partial charge in [-0.2, -0.15) is 0 Å². The Morgan fingerprint density at radius 2 is 1.77 bits per heavy atom. The maximum atomic E-state index is 13.5. The van der Waals surface area contributed by atoms with Crippen LogP contribution in [0.15, 0.2) is 71.9 Å². The Morgan fingerprint density at radius 3 is 2.42 bits per heavy atom. The third kappa shape index (κ3) is 3.89. The number of pyridine rings is 1. The average Bonchev–Trinajstić information content (AvgIpc) is 2.63. The fraction of sp³-hybridized carbons (Fsp3) is 0.150. The molecular formula is C20H19ClN2O2S. The van der Waals surface area contributed by atoms with E-state index >= 15 is 0 Å². The lowest BCUT2D eigenvalue weighted by atomic mass is 10.2. The molecule has 4 nitrogen and oxygen atoms in total. The van der Waals surface area contributed by atoms with Crippen molar-refractivity contribution in [3.05, 3.63) is 88.7 Å². The third-order valence-electron chi connectivity index (χ3n) is 4.08. The van der Waals surface area contributed by atoms with Crippen molar-refractivity contribution in [2.24, 2.45) is 0 Å². The van der Waals surface area contributed by atoms with Crippen LogP contribution in [0.5, 0.6) is 0 Å². The van der Waals surface area contributed by atoms with E-state index in [-0.39, 0.29) is 6.54 Å². The van der Waals surface area contributed by atoms with E-state index in [1.165, 1.54) is 4.31 Å². The standard InChI is InChI=1S/C20H19ClN2O2S/c1-15-5-6-16(2)20(12-15)26(24,25)23(14-17-4-3-11-22-13-17)19-9-7-18(21)8-10-19/h3-13H,14H2,1-2H3. The van der Waals surface area contributed by atoms with Gasteiger partial charge in [0, 0.05) is 17.4 Å². The van der Waals surface area contributed by atoms with Gasteiger partial charge in [0.2, 0.25) is 0 Å². The normalized spacial score (nSPS) is 11.3. The highest BCUT2D eigenvalue weighted by atomic mass is 35.5. The summed E-state index contributed by atoms with van der Waals surface area (Å²) >= 11 is 5.98. The predicted molar refractivity (Wildman–Crippen MR) is 105 cm³/mol. The average molecular weight is 387 g/mol. The minimum Gasteiger partial charge on any atom is -0.264 e. The van der Waals surface area contributed by atoms with Gasteiger partial charge in [-0.1, -0.05) is 29.8 Å². The maximum absolute atomic E-state index is 13.5. The quantitative estimate of drug-likeness (QED) is 0.635. The molecule has 1 heterocycles. The lowest BCUT2D eigenvalue weighted by Gasteiger charge is -2.25. The van der Waals surface area contributed by atoms with Gasteiger partial charge in [-0.15, -0.1) is 0 Å². The van der Waals surface area contributed by atoms with Crippen LogP contribution in [0.1, 0.15) is 16.7 Å². The molecule has 0 N–H and O–H groups in total. The van der Waals surface area contributed by atoms with E-state index in [1.807, 2.05) is 25.1 Å². The molecule has 0 aliphatic heterocycles. The van der Waals surface area contributed by atoms with E-state index in [4.69, 9.17) is 11.6 Å². The number of aromatic nitrogens is 1. The maximum Gasteiger partial charge on any atom is 0.264 e. The number of hydrogen-bond donors (Lipinski definition) is 0.